The molecule has 2 heteroatoms. The predicted molar refractivity (Wildman–Crippen MR) is 50.1 cm³/mol. The average molecular weight is 170 g/mol. The van der Waals surface area contributed by atoms with E-state index >= 15 is 0 Å². The van der Waals surface area contributed by atoms with Crippen LogP contribution in [0.5, 0.6) is 0 Å². The minimum absolute atomic E-state index is 0.0327. The molecule has 12 heavy (non-hydrogen) atoms. The van der Waals surface area contributed by atoms with Crippen molar-refractivity contribution in [3.05, 3.63) is 12.2 Å². The molecule has 0 rings (SSSR count). The zero-order valence-corrected chi connectivity index (χ0v) is 8.17. The van der Waals surface area contributed by atoms with Crippen LogP contribution < -0.4 is 0 Å². The first kappa shape index (κ1) is 11.4. The number of carbonyl (C=O) groups excluding carboxylic acids is 1. The summed E-state index contributed by atoms with van der Waals surface area (Å²) < 4.78 is 5.25. The van der Waals surface area contributed by atoms with Gasteiger partial charge in [0, 0.05) is 7.11 Å². The second kappa shape index (κ2) is 5.95. The van der Waals surface area contributed by atoms with Gasteiger partial charge in [0.1, 0.15) is 6.29 Å². The van der Waals surface area contributed by atoms with Crippen LogP contribution in [-0.2, 0) is 9.53 Å². The van der Waals surface area contributed by atoms with Crippen molar-refractivity contribution in [2.45, 2.75) is 38.7 Å². The number of hydrogen-bond acceptors (Lipinski definition) is 2. The van der Waals surface area contributed by atoms with Gasteiger partial charge in [-0.25, -0.2) is 0 Å². The Bertz CT molecular complexity index is 148. The summed E-state index contributed by atoms with van der Waals surface area (Å²) in [5.74, 6) is 0. The van der Waals surface area contributed by atoms with Gasteiger partial charge in [-0.2, -0.15) is 0 Å². The topological polar surface area (TPSA) is 26.3 Å². The van der Waals surface area contributed by atoms with E-state index in [1.165, 1.54) is 0 Å². The van der Waals surface area contributed by atoms with Crippen LogP contribution in [0.15, 0.2) is 12.2 Å². The molecule has 0 fully saturated rings. The van der Waals surface area contributed by atoms with Crippen molar-refractivity contribution in [2.24, 2.45) is 0 Å². The number of methoxy groups -OCH3 is 1. The fourth-order valence-corrected chi connectivity index (χ4v) is 0.899. The van der Waals surface area contributed by atoms with Gasteiger partial charge in [0.2, 0.25) is 0 Å². The molecule has 0 spiro atoms. The Morgan fingerprint density at radius 2 is 2.08 bits per heavy atom. The molecular weight excluding hydrogens is 152 g/mol. The van der Waals surface area contributed by atoms with Crippen LogP contribution in [0.3, 0.4) is 0 Å². The lowest BCUT2D eigenvalue weighted by Gasteiger charge is -2.22. The van der Waals surface area contributed by atoms with E-state index in [-0.39, 0.29) is 5.60 Å². The molecule has 0 atom stereocenters. The van der Waals surface area contributed by atoms with E-state index in [0.29, 0.717) is 0 Å². The second-order valence-electron chi connectivity index (χ2n) is 3.42. The summed E-state index contributed by atoms with van der Waals surface area (Å²) in [6, 6.07) is 0. The van der Waals surface area contributed by atoms with Crippen molar-refractivity contribution >= 4 is 6.29 Å². The highest BCUT2D eigenvalue weighted by Crippen LogP contribution is 2.16. The van der Waals surface area contributed by atoms with E-state index in [2.05, 4.69) is 13.8 Å². The number of allylic oxidation sites excluding steroid dienone is 2. The third-order valence-electron chi connectivity index (χ3n) is 1.92. The molecule has 0 saturated heterocycles. The summed E-state index contributed by atoms with van der Waals surface area (Å²) in [4.78, 5) is 9.91. The molecule has 0 bridgehead atoms. The minimum atomic E-state index is -0.0327. The molecule has 70 valence electrons. The van der Waals surface area contributed by atoms with E-state index in [0.717, 1.165) is 25.5 Å². The molecule has 0 N–H and O–H groups in total. The number of rotatable bonds is 6. The first-order valence-corrected chi connectivity index (χ1v) is 4.28. The maximum absolute atomic E-state index is 9.91. The summed E-state index contributed by atoms with van der Waals surface area (Å²) in [7, 11) is 1.72. The fraction of sp³-hybridized carbons (Fsp3) is 0.700. The van der Waals surface area contributed by atoms with Crippen molar-refractivity contribution in [1.29, 1.82) is 0 Å². The molecule has 0 amide bonds. The number of hydrogen-bond donors (Lipinski definition) is 0. The Morgan fingerprint density at radius 3 is 2.58 bits per heavy atom. The van der Waals surface area contributed by atoms with Crippen LogP contribution >= 0.6 is 0 Å². The number of aldehydes is 1. The SMILES string of the molecule is COC(C)(C)CCC/C=C/C=O. The smallest absolute Gasteiger partial charge is 0.142 e. The summed E-state index contributed by atoms with van der Waals surface area (Å²) >= 11 is 0. The molecule has 0 aromatic carbocycles. The number of ether oxygens (including phenoxy) is 1. The highest BCUT2D eigenvalue weighted by Gasteiger charge is 2.14. The Balaban J connectivity index is 3.42. The van der Waals surface area contributed by atoms with E-state index in [1.54, 1.807) is 13.2 Å². The van der Waals surface area contributed by atoms with E-state index in [1.807, 2.05) is 6.08 Å². The van der Waals surface area contributed by atoms with Gasteiger partial charge in [-0.05, 0) is 39.2 Å². The van der Waals surface area contributed by atoms with Crippen LogP contribution in [0, 0.1) is 0 Å². The van der Waals surface area contributed by atoms with Gasteiger partial charge in [-0.1, -0.05) is 6.08 Å². The monoisotopic (exact) mass is 170 g/mol. The Hall–Kier alpha value is -0.630. The maximum atomic E-state index is 9.91. The van der Waals surface area contributed by atoms with Crippen LogP contribution in [0.1, 0.15) is 33.1 Å². The highest BCUT2D eigenvalue weighted by molar-refractivity contribution is 5.64. The first-order chi connectivity index (χ1) is 5.62. The molecule has 0 radical (unpaired) electrons. The van der Waals surface area contributed by atoms with E-state index in [4.69, 9.17) is 4.74 Å². The van der Waals surface area contributed by atoms with Crippen molar-refractivity contribution in [1.82, 2.24) is 0 Å². The van der Waals surface area contributed by atoms with E-state index in [9.17, 15) is 4.79 Å². The molecule has 0 aromatic rings. The molecule has 0 aliphatic heterocycles. The lowest BCUT2D eigenvalue weighted by molar-refractivity contribution is -0.104. The van der Waals surface area contributed by atoms with Crippen molar-refractivity contribution < 1.29 is 9.53 Å². The van der Waals surface area contributed by atoms with Crippen LogP contribution in [0.4, 0.5) is 0 Å². The third-order valence-corrected chi connectivity index (χ3v) is 1.92. The quantitative estimate of drug-likeness (QED) is 0.347. The molecule has 0 aliphatic carbocycles. The van der Waals surface area contributed by atoms with Gasteiger partial charge >= 0.3 is 0 Å². The molecule has 0 heterocycles. The van der Waals surface area contributed by atoms with Gasteiger partial charge in [-0.15, -0.1) is 0 Å². The Kier molecular flexibility index (Phi) is 5.64. The maximum Gasteiger partial charge on any atom is 0.142 e. The lowest BCUT2D eigenvalue weighted by atomic mass is 10.0. The van der Waals surface area contributed by atoms with Crippen molar-refractivity contribution in [3.8, 4) is 0 Å². The highest BCUT2D eigenvalue weighted by atomic mass is 16.5. The van der Waals surface area contributed by atoms with Crippen LogP contribution in [0.25, 0.3) is 0 Å². The Labute approximate surface area is 74.6 Å². The molecule has 0 saturated carbocycles. The third kappa shape index (κ3) is 6.10. The Morgan fingerprint density at radius 1 is 1.42 bits per heavy atom. The van der Waals surface area contributed by atoms with Gasteiger partial charge in [0.15, 0.2) is 0 Å². The zero-order valence-electron chi connectivity index (χ0n) is 8.17. The lowest BCUT2D eigenvalue weighted by Crippen LogP contribution is -2.21. The predicted octanol–water partition coefficient (Wildman–Crippen LogP) is 2.34. The summed E-state index contributed by atoms with van der Waals surface area (Å²) in [5, 5.41) is 0. The summed E-state index contributed by atoms with van der Waals surface area (Å²) in [6.45, 7) is 4.13. The van der Waals surface area contributed by atoms with Crippen molar-refractivity contribution in [3.63, 3.8) is 0 Å². The molecular formula is C10H18O2. The minimum Gasteiger partial charge on any atom is -0.379 e. The first-order valence-electron chi connectivity index (χ1n) is 4.28. The normalized spacial score (nSPS) is 12.2. The number of unbranched alkanes of at least 4 members (excludes halogenated alkanes) is 1. The van der Waals surface area contributed by atoms with Gasteiger partial charge in [0.05, 0.1) is 5.60 Å². The zero-order chi connectivity index (χ0) is 9.45. The van der Waals surface area contributed by atoms with E-state index < -0.39 is 0 Å². The fourth-order valence-electron chi connectivity index (χ4n) is 0.899. The standard InChI is InChI=1S/C10H18O2/c1-10(2,12-3)8-6-4-5-7-9-11/h5,7,9H,4,6,8H2,1-3H3/b7-5+. The van der Waals surface area contributed by atoms with Gasteiger partial charge in [0.25, 0.3) is 0 Å². The van der Waals surface area contributed by atoms with Crippen LogP contribution in [-0.4, -0.2) is 19.0 Å². The average Bonchev–Trinajstić information content (AvgIpc) is 2.04. The van der Waals surface area contributed by atoms with Gasteiger partial charge in [-0.3, -0.25) is 4.79 Å². The summed E-state index contributed by atoms with van der Waals surface area (Å²) in [6.07, 6.45) is 7.27. The second-order valence-corrected chi connectivity index (χ2v) is 3.42. The number of carbonyl (C=O) groups is 1. The molecule has 0 unspecified atom stereocenters. The molecule has 0 aromatic heterocycles. The summed E-state index contributed by atoms with van der Waals surface area (Å²) in [5.41, 5.74) is -0.0327. The molecule has 2 nitrogen and oxygen atoms in total. The molecule has 0 aliphatic rings. The van der Waals surface area contributed by atoms with Crippen molar-refractivity contribution in [2.75, 3.05) is 7.11 Å². The van der Waals surface area contributed by atoms with Gasteiger partial charge < -0.3 is 4.74 Å². The largest absolute Gasteiger partial charge is 0.379 e. The van der Waals surface area contributed by atoms with Crippen LogP contribution in [0.2, 0.25) is 0 Å².